The van der Waals surface area contributed by atoms with Gasteiger partial charge in [-0.05, 0) is 117 Å². The van der Waals surface area contributed by atoms with Crippen molar-refractivity contribution in [1.29, 1.82) is 0 Å². The van der Waals surface area contributed by atoms with E-state index in [-0.39, 0.29) is 11.3 Å². The molecular formula is C51H71N7O3. The fourth-order valence-corrected chi connectivity index (χ4v) is 6.81. The zero-order valence-electron chi connectivity index (χ0n) is 37.5. The molecule has 0 radical (unpaired) electrons. The highest BCUT2D eigenvalue weighted by atomic mass is 16.2. The van der Waals surface area contributed by atoms with E-state index in [2.05, 4.69) is 112 Å². The zero-order valence-corrected chi connectivity index (χ0v) is 37.5. The SMILES string of the molecule is C=CC(C)(C)CC(=O)N(C)CCCCCC=O.C=CC1=C(/C=C\C)CN(c2ccc(C(/C=C(\CCCCCCNC)c3cccc4ncccc34)=N/NC=O)cc2)C1.C=CN. The number of anilines is 1. The number of aromatic nitrogens is 1. The Morgan fingerprint density at radius 3 is 2.31 bits per heavy atom. The van der Waals surface area contributed by atoms with Crippen molar-refractivity contribution in [2.24, 2.45) is 16.3 Å². The predicted octanol–water partition coefficient (Wildman–Crippen LogP) is 9.71. The van der Waals surface area contributed by atoms with Crippen LogP contribution in [0.4, 0.5) is 5.69 Å². The van der Waals surface area contributed by atoms with Crippen LogP contribution in [0.15, 0.2) is 133 Å². The standard InChI is InChI=1S/C35H41N5O.C14H25NO2.C2H5N/c1-4-12-30-25-40(24-27(30)5-2)31-19-17-28(18-20-31)35(39-38-26-41)23-29(13-8-6-7-9-21-36-3)32-14-10-16-34-33(32)15-11-22-37-34;1-5-14(2,3)12-13(17)15(4)10-8-6-7-9-11-16;1-2-3/h4-5,10-12,14-20,22-23,26,36H,2,6-9,13,21,24-25H2,1,3H3,(H,38,41);5,11H,1,6-10,12H2,2-4H3;2H,1,3H2/b12-4-,29-23+,39-35+;;. The molecule has 10 nitrogen and oxygen atoms in total. The normalized spacial score (nSPS) is 12.9. The number of nitrogens with two attached hydrogens (primary N) is 1. The van der Waals surface area contributed by atoms with Gasteiger partial charge in [0.05, 0.1) is 11.2 Å². The summed E-state index contributed by atoms with van der Waals surface area (Å²) < 4.78 is 0. The van der Waals surface area contributed by atoms with Crippen molar-refractivity contribution in [1.82, 2.24) is 20.6 Å². The fourth-order valence-electron chi connectivity index (χ4n) is 6.81. The summed E-state index contributed by atoms with van der Waals surface area (Å²) in [5.41, 5.74) is 15.7. The fraction of sp³-hybridized carbons (Fsp3) is 0.392. The van der Waals surface area contributed by atoms with Crippen molar-refractivity contribution >= 4 is 46.5 Å². The van der Waals surface area contributed by atoms with Crippen LogP contribution in [-0.2, 0) is 14.4 Å². The molecule has 0 atom stereocenters. The molecule has 3 aromatic rings. The maximum absolute atomic E-state index is 11.9. The predicted molar refractivity (Wildman–Crippen MR) is 258 cm³/mol. The average Bonchev–Trinajstić information content (AvgIpc) is 3.68. The van der Waals surface area contributed by atoms with Gasteiger partial charge in [-0.2, -0.15) is 5.10 Å². The van der Waals surface area contributed by atoms with E-state index in [1.54, 1.807) is 4.90 Å². The smallest absolute Gasteiger partial charge is 0.227 e. The molecule has 0 spiro atoms. The van der Waals surface area contributed by atoms with Gasteiger partial charge in [0.2, 0.25) is 12.3 Å². The second-order valence-electron chi connectivity index (χ2n) is 15.7. The minimum absolute atomic E-state index is 0.136. The van der Waals surface area contributed by atoms with Gasteiger partial charge in [-0.3, -0.25) is 14.6 Å². The first-order chi connectivity index (χ1) is 29.5. The molecule has 0 unspecified atom stereocenters. The lowest BCUT2D eigenvalue weighted by Crippen LogP contribution is -2.31. The van der Waals surface area contributed by atoms with Crippen LogP contribution >= 0.6 is 0 Å². The molecular weight excluding hydrogens is 759 g/mol. The lowest BCUT2D eigenvalue weighted by Gasteiger charge is -2.24. The summed E-state index contributed by atoms with van der Waals surface area (Å²) in [7, 11) is 3.83. The summed E-state index contributed by atoms with van der Waals surface area (Å²) in [5, 5.41) is 8.82. The number of allylic oxidation sites excluding steroid dienone is 4. The van der Waals surface area contributed by atoms with E-state index in [9.17, 15) is 14.4 Å². The van der Waals surface area contributed by atoms with E-state index in [0.717, 1.165) is 104 Å². The Kier molecular flexibility index (Phi) is 24.7. The van der Waals surface area contributed by atoms with Gasteiger partial charge in [-0.1, -0.05) is 101 Å². The molecule has 61 heavy (non-hydrogen) atoms. The van der Waals surface area contributed by atoms with E-state index < -0.39 is 0 Å². The van der Waals surface area contributed by atoms with E-state index in [1.165, 1.54) is 35.8 Å². The van der Waals surface area contributed by atoms with Crippen molar-refractivity contribution in [3.05, 3.63) is 139 Å². The van der Waals surface area contributed by atoms with Gasteiger partial charge in [0.1, 0.15) is 6.29 Å². The molecule has 2 heterocycles. The third-order valence-electron chi connectivity index (χ3n) is 10.3. The minimum Gasteiger partial charge on any atom is -0.405 e. The number of carbonyl (C=O) groups is 3. The largest absolute Gasteiger partial charge is 0.405 e. The Labute approximate surface area is 366 Å². The van der Waals surface area contributed by atoms with Crippen LogP contribution in [0.3, 0.4) is 0 Å². The molecule has 0 saturated heterocycles. The summed E-state index contributed by atoms with van der Waals surface area (Å²) in [6, 6.07) is 18.8. The molecule has 4 N–H and O–H groups in total. The summed E-state index contributed by atoms with van der Waals surface area (Å²) in [6.45, 7) is 20.4. The number of benzene rings is 2. The third kappa shape index (κ3) is 18.5. The summed E-state index contributed by atoms with van der Waals surface area (Å²) in [6.07, 6.45) is 24.3. The maximum Gasteiger partial charge on any atom is 0.227 e. The molecule has 2 amide bonds. The second-order valence-corrected chi connectivity index (χ2v) is 15.7. The van der Waals surface area contributed by atoms with Crippen LogP contribution in [0.25, 0.3) is 16.5 Å². The lowest BCUT2D eigenvalue weighted by molar-refractivity contribution is -0.131. The number of hydrazone groups is 1. The van der Waals surface area contributed by atoms with Crippen LogP contribution in [0.1, 0.15) is 96.1 Å². The first-order valence-electron chi connectivity index (χ1n) is 21.4. The van der Waals surface area contributed by atoms with Gasteiger partial charge in [0.25, 0.3) is 0 Å². The summed E-state index contributed by atoms with van der Waals surface area (Å²) >= 11 is 0. The van der Waals surface area contributed by atoms with Gasteiger partial charge in [0.15, 0.2) is 0 Å². The highest BCUT2D eigenvalue weighted by Gasteiger charge is 2.21. The Morgan fingerprint density at radius 1 is 0.951 bits per heavy atom. The Morgan fingerprint density at radius 2 is 1.66 bits per heavy atom. The highest BCUT2D eigenvalue weighted by molar-refractivity contribution is 6.13. The van der Waals surface area contributed by atoms with E-state index >= 15 is 0 Å². The van der Waals surface area contributed by atoms with E-state index in [1.807, 2.05) is 65.3 Å². The van der Waals surface area contributed by atoms with Gasteiger partial charge in [-0.15, -0.1) is 6.58 Å². The van der Waals surface area contributed by atoms with Crippen molar-refractivity contribution in [3.63, 3.8) is 0 Å². The zero-order chi connectivity index (χ0) is 44.9. The minimum atomic E-state index is -0.136. The number of nitrogens with zero attached hydrogens (tertiary/aromatic N) is 4. The first-order valence-corrected chi connectivity index (χ1v) is 21.4. The Hall–Kier alpha value is -5.87. The summed E-state index contributed by atoms with van der Waals surface area (Å²) in [5.74, 6) is 0.158. The molecule has 1 aromatic heterocycles. The maximum atomic E-state index is 11.9. The molecule has 4 rings (SSSR count). The number of fused-ring (bicyclic) bond motifs is 1. The quantitative estimate of drug-likeness (QED) is 0.0269. The third-order valence-corrected chi connectivity index (χ3v) is 10.3. The Bertz CT molecular complexity index is 1950. The van der Waals surface area contributed by atoms with E-state index in [0.29, 0.717) is 19.3 Å². The first kappa shape index (κ1) is 51.3. The van der Waals surface area contributed by atoms with Gasteiger partial charge in [0, 0.05) is 62.4 Å². The molecule has 0 aliphatic carbocycles. The van der Waals surface area contributed by atoms with Crippen molar-refractivity contribution in [2.45, 2.75) is 85.0 Å². The highest BCUT2D eigenvalue weighted by Crippen LogP contribution is 2.30. The summed E-state index contributed by atoms with van der Waals surface area (Å²) in [4.78, 5) is 41.9. The van der Waals surface area contributed by atoms with Gasteiger partial charge in [-0.25, -0.2) is 5.43 Å². The number of amides is 2. The van der Waals surface area contributed by atoms with Crippen LogP contribution in [-0.4, -0.2) is 74.5 Å². The number of pyridine rings is 1. The van der Waals surface area contributed by atoms with Gasteiger partial charge >= 0.3 is 0 Å². The van der Waals surface area contributed by atoms with Crippen molar-refractivity contribution < 1.29 is 14.4 Å². The monoisotopic (exact) mass is 830 g/mol. The van der Waals surface area contributed by atoms with Crippen molar-refractivity contribution in [3.8, 4) is 0 Å². The molecule has 10 heteroatoms. The van der Waals surface area contributed by atoms with Crippen LogP contribution in [0.5, 0.6) is 0 Å². The second kappa shape index (κ2) is 29.4. The molecule has 0 saturated carbocycles. The number of hydrogen-bond acceptors (Lipinski definition) is 8. The van der Waals surface area contributed by atoms with E-state index in [4.69, 9.17) is 0 Å². The lowest BCUT2D eigenvalue weighted by atomic mass is 9.89. The number of hydrogen-bond donors (Lipinski definition) is 3. The number of unbranched alkanes of at least 4 members (excludes halogenated alkanes) is 6. The van der Waals surface area contributed by atoms with Crippen LogP contribution in [0.2, 0.25) is 0 Å². The molecule has 0 bridgehead atoms. The van der Waals surface area contributed by atoms with Crippen LogP contribution < -0.4 is 21.4 Å². The Balaban J connectivity index is 0.000000537. The number of carbonyl (C=O) groups excluding carboxylic acids is 3. The van der Waals surface area contributed by atoms with Crippen molar-refractivity contribution in [2.75, 3.05) is 45.2 Å². The van der Waals surface area contributed by atoms with Crippen LogP contribution in [0, 0.1) is 5.41 Å². The van der Waals surface area contributed by atoms with Gasteiger partial charge < -0.3 is 25.6 Å². The molecule has 328 valence electrons. The molecule has 1 aliphatic rings. The molecule has 1 aliphatic heterocycles. The molecule has 2 aromatic carbocycles. The average molecular weight is 830 g/mol. The number of rotatable bonds is 24. The number of aldehydes is 1. The number of nitrogens with one attached hydrogen (secondary N) is 2. The topological polar surface area (TPSA) is 133 Å². The molecule has 0 fully saturated rings.